The fourth-order valence-corrected chi connectivity index (χ4v) is 4.79. The molecular formula is C37H33Cl2N7. The Morgan fingerprint density at radius 3 is 1.17 bits per heavy atom. The van der Waals surface area contributed by atoms with Gasteiger partial charge in [0.25, 0.3) is 0 Å². The standard InChI is InChI=1S/C22H20N4.C8H4Cl2N2.C7H9N/c1-15-7-5-9-17(13-15)23-21-22(24-18-10-6-8-16(2)14-18)26-20-12-4-3-11-19(20)25-21;9-7-8(10)12-6-4-2-1-3-5(6)11-7;1-6-3-2-4-7(8)5-6/h3-14H,1-2H3,(H,23,25)(H,24,26);1-4H;2-5H,8H2,1H3. The third kappa shape index (κ3) is 8.91. The molecule has 2 heterocycles. The van der Waals surface area contributed by atoms with Crippen LogP contribution in [0.15, 0.2) is 121 Å². The number of nitrogens with two attached hydrogens (primary N) is 1. The van der Waals surface area contributed by atoms with Gasteiger partial charge < -0.3 is 16.4 Å². The highest BCUT2D eigenvalue weighted by Gasteiger charge is 2.10. The number of nitrogens with zero attached hydrogens (tertiary/aromatic N) is 4. The normalized spacial score (nSPS) is 10.4. The van der Waals surface area contributed by atoms with Crippen LogP contribution in [0.5, 0.6) is 0 Å². The summed E-state index contributed by atoms with van der Waals surface area (Å²) >= 11 is 11.4. The zero-order chi connectivity index (χ0) is 32.5. The van der Waals surface area contributed by atoms with Crippen LogP contribution in [-0.4, -0.2) is 19.9 Å². The molecule has 0 spiro atoms. The monoisotopic (exact) mass is 645 g/mol. The number of rotatable bonds is 4. The number of benzene rings is 5. The number of halogens is 2. The molecule has 5 aromatic carbocycles. The van der Waals surface area contributed by atoms with Gasteiger partial charge in [-0.2, -0.15) is 0 Å². The first kappa shape index (κ1) is 32.2. The quantitative estimate of drug-likeness (QED) is 0.164. The lowest BCUT2D eigenvalue weighted by molar-refractivity contribution is 1.26. The van der Waals surface area contributed by atoms with Crippen LogP contribution in [0.3, 0.4) is 0 Å². The molecule has 0 atom stereocenters. The maximum Gasteiger partial charge on any atom is 0.174 e. The second kappa shape index (κ2) is 15.2. The second-order valence-electron chi connectivity index (χ2n) is 10.6. The summed E-state index contributed by atoms with van der Waals surface area (Å²) in [6, 6.07) is 39.6. The van der Waals surface area contributed by atoms with E-state index in [9.17, 15) is 0 Å². The fraction of sp³-hybridized carbons (Fsp3) is 0.0811. The van der Waals surface area contributed by atoms with Crippen molar-refractivity contribution in [1.82, 2.24) is 19.9 Å². The predicted octanol–water partition coefficient (Wildman–Crippen LogP) is 10.2. The van der Waals surface area contributed by atoms with Crippen molar-refractivity contribution in [3.05, 3.63) is 148 Å². The first-order valence-corrected chi connectivity index (χ1v) is 15.3. The van der Waals surface area contributed by atoms with Crippen molar-refractivity contribution in [2.45, 2.75) is 20.8 Å². The van der Waals surface area contributed by atoms with E-state index >= 15 is 0 Å². The molecule has 0 aliphatic rings. The highest BCUT2D eigenvalue weighted by atomic mass is 35.5. The Kier molecular flexibility index (Phi) is 10.6. The Morgan fingerprint density at radius 2 is 0.826 bits per heavy atom. The minimum Gasteiger partial charge on any atom is -0.399 e. The lowest BCUT2D eigenvalue weighted by atomic mass is 10.2. The number of aryl methyl sites for hydroxylation is 3. The molecule has 46 heavy (non-hydrogen) atoms. The van der Waals surface area contributed by atoms with Crippen LogP contribution in [0, 0.1) is 20.8 Å². The van der Waals surface area contributed by atoms with E-state index in [1.54, 1.807) is 0 Å². The van der Waals surface area contributed by atoms with E-state index < -0.39 is 0 Å². The lowest BCUT2D eigenvalue weighted by Crippen LogP contribution is -2.03. The molecule has 0 radical (unpaired) electrons. The molecule has 4 N–H and O–H groups in total. The van der Waals surface area contributed by atoms with Crippen molar-refractivity contribution in [3.8, 4) is 0 Å². The van der Waals surface area contributed by atoms with Crippen LogP contribution in [0.4, 0.5) is 28.7 Å². The van der Waals surface area contributed by atoms with E-state index in [2.05, 4.69) is 58.7 Å². The molecule has 9 heteroatoms. The minimum absolute atomic E-state index is 0.246. The highest BCUT2D eigenvalue weighted by Crippen LogP contribution is 2.28. The molecule has 0 aliphatic carbocycles. The van der Waals surface area contributed by atoms with Gasteiger partial charge in [0.15, 0.2) is 21.9 Å². The number of anilines is 5. The molecule has 0 amide bonds. The van der Waals surface area contributed by atoms with E-state index in [1.165, 1.54) is 16.7 Å². The summed E-state index contributed by atoms with van der Waals surface area (Å²) in [5.41, 5.74) is 15.1. The van der Waals surface area contributed by atoms with Gasteiger partial charge in [-0.1, -0.05) is 83.9 Å². The summed E-state index contributed by atoms with van der Waals surface area (Å²) in [4.78, 5) is 17.7. The van der Waals surface area contributed by atoms with E-state index in [4.69, 9.17) is 38.9 Å². The summed E-state index contributed by atoms with van der Waals surface area (Å²) in [6.45, 7) is 6.17. The summed E-state index contributed by atoms with van der Waals surface area (Å²) in [5, 5.41) is 7.30. The van der Waals surface area contributed by atoms with Crippen LogP contribution < -0.4 is 16.4 Å². The highest BCUT2D eigenvalue weighted by molar-refractivity contribution is 6.40. The van der Waals surface area contributed by atoms with Crippen LogP contribution in [0.1, 0.15) is 16.7 Å². The van der Waals surface area contributed by atoms with Crippen molar-refractivity contribution in [1.29, 1.82) is 0 Å². The molecular weight excluding hydrogens is 613 g/mol. The maximum atomic E-state index is 5.68. The number of aromatic nitrogens is 4. The molecule has 230 valence electrons. The van der Waals surface area contributed by atoms with Crippen molar-refractivity contribution < 1.29 is 0 Å². The number of fused-ring (bicyclic) bond motifs is 2. The summed E-state index contributed by atoms with van der Waals surface area (Å²) in [6.07, 6.45) is 0. The van der Waals surface area contributed by atoms with Crippen LogP contribution >= 0.6 is 23.2 Å². The van der Waals surface area contributed by atoms with Gasteiger partial charge in [-0.25, -0.2) is 19.9 Å². The lowest BCUT2D eigenvalue weighted by Gasteiger charge is -2.14. The molecule has 0 saturated carbocycles. The Morgan fingerprint density at radius 1 is 0.457 bits per heavy atom. The predicted molar refractivity (Wildman–Crippen MR) is 194 cm³/mol. The number of nitrogens with one attached hydrogen (secondary N) is 2. The van der Waals surface area contributed by atoms with Crippen molar-refractivity contribution in [3.63, 3.8) is 0 Å². The van der Waals surface area contributed by atoms with Gasteiger partial charge in [-0.05, 0) is 98.1 Å². The van der Waals surface area contributed by atoms with Crippen molar-refractivity contribution in [2.24, 2.45) is 0 Å². The summed E-state index contributed by atoms with van der Waals surface area (Å²) in [7, 11) is 0. The first-order valence-electron chi connectivity index (χ1n) is 14.6. The average molecular weight is 647 g/mol. The van der Waals surface area contributed by atoms with Crippen molar-refractivity contribution in [2.75, 3.05) is 16.4 Å². The zero-order valence-electron chi connectivity index (χ0n) is 25.7. The molecule has 0 saturated heterocycles. The molecule has 0 aliphatic heterocycles. The molecule has 0 unspecified atom stereocenters. The van der Waals surface area contributed by atoms with Gasteiger partial charge in [0.2, 0.25) is 0 Å². The van der Waals surface area contributed by atoms with Gasteiger partial charge in [-0.15, -0.1) is 0 Å². The Labute approximate surface area is 278 Å². The molecule has 0 bridgehead atoms. The maximum absolute atomic E-state index is 5.68. The smallest absolute Gasteiger partial charge is 0.174 e. The SMILES string of the molecule is Cc1cccc(N)c1.Cc1cccc(Nc2nc3ccccc3nc2Nc2cccc(C)c2)c1.Clc1nc2ccccc2nc1Cl. The van der Waals surface area contributed by atoms with E-state index in [0.717, 1.165) is 39.1 Å². The van der Waals surface area contributed by atoms with E-state index in [1.807, 2.05) is 104 Å². The number of nitrogen functional groups attached to an aromatic ring is 1. The summed E-state index contributed by atoms with van der Waals surface area (Å²) < 4.78 is 0. The second-order valence-corrected chi connectivity index (χ2v) is 11.3. The van der Waals surface area contributed by atoms with Crippen molar-refractivity contribution >= 4 is 74.0 Å². The van der Waals surface area contributed by atoms with Gasteiger partial charge in [0.1, 0.15) is 0 Å². The van der Waals surface area contributed by atoms with Crippen LogP contribution in [0.25, 0.3) is 22.1 Å². The Balaban J connectivity index is 0.000000170. The third-order valence-electron chi connectivity index (χ3n) is 6.66. The van der Waals surface area contributed by atoms with Gasteiger partial charge in [0, 0.05) is 17.1 Å². The van der Waals surface area contributed by atoms with Gasteiger partial charge in [0.05, 0.1) is 22.1 Å². The molecule has 0 fully saturated rings. The number of para-hydroxylation sites is 4. The average Bonchev–Trinajstić information content (AvgIpc) is 3.02. The van der Waals surface area contributed by atoms with E-state index in [-0.39, 0.29) is 10.3 Å². The Bertz CT molecular complexity index is 1960. The third-order valence-corrected chi connectivity index (χ3v) is 7.29. The minimum atomic E-state index is 0.246. The topological polar surface area (TPSA) is 102 Å². The van der Waals surface area contributed by atoms with Crippen LogP contribution in [-0.2, 0) is 0 Å². The number of hydrogen-bond donors (Lipinski definition) is 3. The summed E-state index contributed by atoms with van der Waals surface area (Å²) in [5.74, 6) is 1.41. The molecule has 7 nitrogen and oxygen atoms in total. The van der Waals surface area contributed by atoms with E-state index in [0.29, 0.717) is 11.6 Å². The molecule has 7 rings (SSSR count). The Hall–Kier alpha value is -5.24. The van der Waals surface area contributed by atoms with Gasteiger partial charge >= 0.3 is 0 Å². The first-order chi connectivity index (χ1) is 22.2. The zero-order valence-corrected chi connectivity index (χ0v) is 27.2. The largest absolute Gasteiger partial charge is 0.399 e. The fourth-order valence-electron chi connectivity index (χ4n) is 4.52. The molecule has 2 aromatic heterocycles. The van der Waals surface area contributed by atoms with Gasteiger partial charge in [-0.3, -0.25) is 0 Å². The number of hydrogen-bond acceptors (Lipinski definition) is 7. The molecule has 7 aromatic rings. The van der Waals surface area contributed by atoms with Crippen LogP contribution in [0.2, 0.25) is 10.3 Å².